The molecule has 0 amide bonds. The van der Waals surface area contributed by atoms with Gasteiger partial charge in [-0.1, -0.05) is 24.4 Å². The van der Waals surface area contributed by atoms with Gasteiger partial charge in [0.25, 0.3) is 0 Å². The van der Waals surface area contributed by atoms with Gasteiger partial charge in [-0.25, -0.2) is 4.68 Å². The standard InChI is InChI=1S/C14H15ClN4O2/c15-11-5-3-10(4-6-11)12-16-17-18-19(12)9-14(13(20)21)7-1-2-8-14/h3-6H,1-2,7-9H2,(H,20,21). The van der Waals surface area contributed by atoms with E-state index >= 15 is 0 Å². The van der Waals surface area contributed by atoms with Crippen molar-refractivity contribution in [2.24, 2.45) is 5.41 Å². The van der Waals surface area contributed by atoms with Gasteiger partial charge in [-0.3, -0.25) is 4.79 Å². The summed E-state index contributed by atoms with van der Waals surface area (Å²) < 4.78 is 1.59. The zero-order valence-corrected chi connectivity index (χ0v) is 12.1. The van der Waals surface area contributed by atoms with Crippen LogP contribution >= 0.6 is 11.6 Å². The van der Waals surface area contributed by atoms with Crippen LogP contribution in [-0.4, -0.2) is 31.3 Å². The van der Waals surface area contributed by atoms with Crippen molar-refractivity contribution in [3.05, 3.63) is 29.3 Å². The SMILES string of the molecule is O=C(O)C1(Cn2nnnc2-c2ccc(Cl)cc2)CCCC1. The fourth-order valence-corrected chi connectivity index (χ4v) is 3.02. The van der Waals surface area contributed by atoms with Gasteiger partial charge in [0.2, 0.25) is 0 Å². The minimum atomic E-state index is -0.766. The molecule has 1 fully saturated rings. The first kappa shape index (κ1) is 14.0. The zero-order valence-electron chi connectivity index (χ0n) is 11.4. The highest BCUT2D eigenvalue weighted by molar-refractivity contribution is 6.30. The number of nitrogens with zero attached hydrogens (tertiary/aromatic N) is 4. The fraction of sp³-hybridized carbons (Fsp3) is 0.429. The van der Waals surface area contributed by atoms with E-state index in [0.29, 0.717) is 30.2 Å². The first-order valence-electron chi connectivity index (χ1n) is 6.86. The first-order chi connectivity index (χ1) is 10.1. The predicted molar refractivity (Wildman–Crippen MR) is 76.8 cm³/mol. The number of hydrogen-bond donors (Lipinski definition) is 1. The van der Waals surface area contributed by atoms with Crippen molar-refractivity contribution in [2.45, 2.75) is 32.2 Å². The lowest BCUT2D eigenvalue weighted by molar-refractivity contribution is -0.149. The van der Waals surface area contributed by atoms with Crippen molar-refractivity contribution in [3.63, 3.8) is 0 Å². The first-order valence-corrected chi connectivity index (χ1v) is 7.24. The summed E-state index contributed by atoms with van der Waals surface area (Å²) >= 11 is 5.88. The number of aromatic nitrogens is 4. The summed E-state index contributed by atoms with van der Waals surface area (Å²) in [6.45, 7) is 0.299. The second kappa shape index (κ2) is 5.44. The monoisotopic (exact) mass is 306 g/mol. The summed E-state index contributed by atoms with van der Waals surface area (Å²) in [6.07, 6.45) is 3.21. The molecule has 6 nitrogen and oxygen atoms in total. The molecule has 1 heterocycles. The molecule has 0 spiro atoms. The molecule has 0 aliphatic heterocycles. The highest BCUT2D eigenvalue weighted by atomic mass is 35.5. The number of benzene rings is 1. The lowest BCUT2D eigenvalue weighted by atomic mass is 9.86. The Morgan fingerprint density at radius 1 is 1.29 bits per heavy atom. The van der Waals surface area contributed by atoms with Crippen LogP contribution in [0, 0.1) is 5.41 Å². The molecular weight excluding hydrogens is 292 g/mol. The van der Waals surface area contributed by atoms with Crippen LogP contribution < -0.4 is 0 Å². The average Bonchev–Trinajstić information content (AvgIpc) is 3.10. The van der Waals surface area contributed by atoms with E-state index in [2.05, 4.69) is 15.5 Å². The van der Waals surface area contributed by atoms with Crippen molar-refractivity contribution in [3.8, 4) is 11.4 Å². The molecule has 1 aromatic heterocycles. The highest BCUT2D eigenvalue weighted by Crippen LogP contribution is 2.40. The van der Waals surface area contributed by atoms with Gasteiger partial charge >= 0.3 is 5.97 Å². The predicted octanol–water partition coefficient (Wildman–Crippen LogP) is 2.64. The Bertz CT molecular complexity index is 647. The molecule has 0 unspecified atom stereocenters. The molecule has 0 atom stereocenters. The molecule has 21 heavy (non-hydrogen) atoms. The van der Waals surface area contributed by atoms with Gasteiger partial charge < -0.3 is 5.11 Å². The molecular formula is C14H15ClN4O2. The summed E-state index contributed by atoms with van der Waals surface area (Å²) in [4.78, 5) is 11.6. The van der Waals surface area contributed by atoms with Crippen molar-refractivity contribution in [1.82, 2.24) is 20.2 Å². The maximum absolute atomic E-state index is 11.6. The Labute approximate surface area is 126 Å². The van der Waals surface area contributed by atoms with Gasteiger partial charge in [0.1, 0.15) is 0 Å². The summed E-state index contributed by atoms with van der Waals surface area (Å²) in [5, 5.41) is 21.9. The Balaban J connectivity index is 1.92. The number of rotatable bonds is 4. The second-order valence-electron chi connectivity index (χ2n) is 5.46. The van der Waals surface area contributed by atoms with Crippen LogP contribution in [-0.2, 0) is 11.3 Å². The van der Waals surface area contributed by atoms with Crippen LogP contribution in [0.5, 0.6) is 0 Å². The van der Waals surface area contributed by atoms with Gasteiger partial charge in [-0.2, -0.15) is 0 Å². The minimum absolute atomic E-state index is 0.299. The van der Waals surface area contributed by atoms with Gasteiger partial charge in [0.05, 0.1) is 12.0 Å². The summed E-state index contributed by atoms with van der Waals surface area (Å²) in [5.74, 6) is -0.197. The van der Waals surface area contributed by atoms with Crippen molar-refractivity contribution < 1.29 is 9.90 Å². The molecule has 1 aromatic carbocycles. The molecule has 0 saturated heterocycles. The van der Waals surface area contributed by atoms with E-state index in [-0.39, 0.29) is 0 Å². The Hall–Kier alpha value is -1.95. The molecule has 1 aliphatic carbocycles. The molecule has 1 N–H and O–H groups in total. The summed E-state index contributed by atoms with van der Waals surface area (Å²) in [7, 11) is 0. The van der Waals surface area contributed by atoms with Gasteiger partial charge in [0, 0.05) is 10.6 Å². The van der Waals surface area contributed by atoms with E-state index in [9.17, 15) is 9.90 Å². The quantitative estimate of drug-likeness (QED) is 0.939. The topological polar surface area (TPSA) is 80.9 Å². The number of aliphatic carboxylic acids is 1. The molecule has 1 aliphatic rings. The largest absolute Gasteiger partial charge is 0.481 e. The van der Waals surface area contributed by atoms with Crippen LogP contribution in [0.4, 0.5) is 0 Å². The maximum Gasteiger partial charge on any atom is 0.311 e. The summed E-state index contributed by atoms with van der Waals surface area (Å²) in [6, 6.07) is 7.18. The third-order valence-electron chi connectivity index (χ3n) is 4.10. The molecule has 0 bridgehead atoms. The van der Waals surface area contributed by atoms with E-state index in [1.54, 1.807) is 16.8 Å². The number of carboxylic acids is 1. The maximum atomic E-state index is 11.6. The van der Waals surface area contributed by atoms with Crippen molar-refractivity contribution >= 4 is 17.6 Å². The van der Waals surface area contributed by atoms with E-state index in [1.807, 2.05) is 12.1 Å². The molecule has 0 radical (unpaired) electrons. The van der Waals surface area contributed by atoms with Crippen LogP contribution in [0.25, 0.3) is 11.4 Å². The van der Waals surface area contributed by atoms with E-state index in [0.717, 1.165) is 18.4 Å². The Morgan fingerprint density at radius 2 is 1.95 bits per heavy atom. The van der Waals surface area contributed by atoms with Gasteiger partial charge in [-0.15, -0.1) is 5.10 Å². The lowest BCUT2D eigenvalue weighted by Gasteiger charge is -2.23. The second-order valence-corrected chi connectivity index (χ2v) is 5.90. The number of tetrazole rings is 1. The third kappa shape index (κ3) is 2.63. The number of halogens is 1. The molecule has 3 rings (SSSR count). The van der Waals surface area contributed by atoms with E-state index in [4.69, 9.17) is 11.6 Å². The Kier molecular flexibility index (Phi) is 3.63. The molecule has 1 saturated carbocycles. The highest BCUT2D eigenvalue weighted by Gasteiger charge is 2.42. The summed E-state index contributed by atoms with van der Waals surface area (Å²) in [5.41, 5.74) is 0.0687. The number of carboxylic acid groups (broad SMARTS) is 1. The van der Waals surface area contributed by atoms with Crippen molar-refractivity contribution in [1.29, 1.82) is 0 Å². The van der Waals surface area contributed by atoms with E-state index < -0.39 is 11.4 Å². The van der Waals surface area contributed by atoms with E-state index in [1.165, 1.54) is 0 Å². The molecule has 110 valence electrons. The van der Waals surface area contributed by atoms with Gasteiger partial charge in [-0.05, 0) is 47.5 Å². The smallest absolute Gasteiger partial charge is 0.311 e. The lowest BCUT2D eigenvalue weighted by Crippen LogP contribution is -2.33. The number of hydrogen-bond acceptors (Lipinski definition) is 4. The Morgan fingerprint density at radius 3 is 2.57 bits per heavy atom. The van der Waals surface area contributed by atoms with Crippen LogP contribution in [0.3, 0.4) is 0 Å². The van der Waals surface area contributed by atoms with Gasteiger partial charge in [0.15, 0.2) is 5.82 Å². The average molecular weight is 307 g/mol. The van der Waals surface area contributed by atoms with Crippen LogP contribution in [0.2, 0.25) is 5.02 Å². The normalized spacial score (nSPS) is 17.0. The number of carbonyl (C=O) groups is 1. The van der Waals surface area contributed by atoms with Crippen molar-refractivity contribution in [2.75, 3.05) is 0 Å². The minimum Gasteiger partial charge on any atom is -0.481 e. The van der Waals surface area contributed by atoms with Crippen LogP contribution in [0.15, 0.2) is 24.3 Å². The van der Waals surface area contributed by atoms with Crippen LogP contribution in [0.1, 0.15) is 25.7 Å². The molecule has 2 aromatic rings. The fourth-order valence-electron chi connectivity index (χ4n) is 2.89. The zero-order chi connectivity index (χ0) is 14.9. The third-order valence-corrected chi connectivity index (χ3v) is 4.35. The molecule has 7 heteroatoms.